The summed E-state index contributed by atoms with van der Waals surface area (Å²) in [5.41, 5.74) is 0.549. The van der Waals surface area contributed by atoms with Crippen LogP contribution in [0.15, 0.2) is 0 Å². The Morgan fingerprint density at radius 3 is 2.67 bits per heavy atom. The van der Waals surface area contributed by atoms with Crippen LogP contribution in [0.1, 0.15) is 32.6 Å². The van der Waals surface area contributed by atoms with E-state index in [0.717, 1.165) is 19.7 Å². The largest absolute Gasteiger partial charge is 0.383 e. The van der Waals surface area contributed by atoms with Gasteiger partial charge in [0.2, 0.25) is 0 Å². The third-order valence-electron chi connectivity index (χ3n) is 3.43. The van der Waals surface area contributed by atoms with Gasteiger partial charge in [-0.3, -0.25) is 0 Å². The van der Waals surface area contributed by atoms with Crippen LogP contribution >= 0.6 is 0 Å². The van der Waals surface area contributed by atoms with Gasteiger partial charge in [0, 0.05) is 20.2 Å². The second-order valence-corrected chi connectivity index (χ2v) is 4.67. The number of methoxy groups -OCH3 is 1. The van der Waals surface area contributed by atoms with E-state index in [1.54, 1.807) is 7.11 Å². The zero-order valence-electron chi connectivity index (χ0n) is 10.3. The maximum atomic E-state index is 5.05. The molecule has 0 radical (unpaired) electrons. The molecule has 3 nitrogen and oxygen atoms in total. The average Bonchev–Trinajstić information content (AvgIpc) is 2.26. The predicted octanol–water partition coefficient (Wildman–Crippen LogP) is 1.39. The van der Waals surface area contributed by atoms with Crippen LogP contribution in [0.5, 0.6) is 0 Å². The smallest absolute Gasteiger partial charge is 0.0587 e. The van der Waals surface area contributed by atoms with Crippen LogP contribution in [0.2, 0.25) is 0 Å². The molecule has 0 saturated carbocycles. The zero-order chi connectivity index (χ0) is 11.0. The van der Waals surface area contributed by atoms with E-state index >= 15 is 0 Å². The van der Waals surface area contributed by atoms with Crippen molar-refractivity contribution in [3.05, 3.63) is 0 Å². The average molecular weight is 214 g/mol. The Kier molecular flexibility index (Phi) is 6.22. The third kappa shape index (κ3) is 4.49. The molecule has 0 bridgehead atoms. The molecule has 1 rings (SSSR count). The first-order valence-corrected chi connectivity index (χ1v) is 6.23. The molecule has 1 saturated heterocycles. The first-order chi connectivity index (χ1) is 7.33. The highest BCUT2D eigenvalue weighted by Crippen LogP contribution is 2.32. The molecule has 15 heavy (non-hydrogen) atoms. The number of piperidine rings is 1. The first kappa shape index (κ1) is 12.9. The van der Waals surface area contributed by atoms with Crippen LogP contribution in [-0.2, 0) is 4.74 Å². The summed E-state index contributed by atoms with van der Waals surface area (Å²) >= 11 is 0. The number of hydrogen-bond acceptors (Lipinski definition) is 3. The van der Waals surface area contributed by atoms with Crippen molar-refractivity contribution in [2.24, 2.45) is 5.41 Å². The lowest BCUT2D eigenvalue weighted by molar-refractivity contribution is 0.160. The Morgan fingerprint density at radius 2 is 2.07 bits per heavy atom. The quantitative estimate of drug-likeness (QED) is 0.628. The maximum absolute atomic E-state index is 5.05. The lowest BCUT2D eigenvalue weighted by atomic mass is 9.75. The zero-order valence-corrected chi connectivity index (χ0v) is 10.3. The fourth-order valence-corrected chi connectivity index (χ4v) is 2.53. The fourth-order valence-electron chi connectivity index (χ4n) is 2.53. The van der Waals surface area contributed by atoms with Crippen molar-refractivity contribution in [2.75, 3.05) is 39.9 Å². The summed E-state index contributed by atoms with van der Waals surface area (Å²) in [6, 6.07) is 0. The van der Waals surface area contributed by atoms with Gasteiger partial charge in [0.15, 0.2) is 0 Å². The summed E-state index contributed by atoms with van der Waals surface area (Å²) in [4.78, 5) is 0. The van der Waals surface area contributed by atoms with Crippen LogP contribution < -0.4 is 10.6 Å². The topological polar surface area (TPSA) is 33.3 Å². The van der Waals surface area contributed by atoms with Crippen molar-refractivity contribution in [1.82, 2.24) is 10.6 Å². The predicted molar refractivity (Wildman–Crippen MR) is 64.2 cm³/mol. The summed E-state index contributed by atoms with van der Waals surface area (Å²) < 4.78 is 5.05. The van der Waals surface area contributed by atoms with Gasteiger partial charge in [-0.2, -0.15) is 0 Å². The molecule has 0 aromatic carbocycles. The van der Waals surface area contributed by atoms with Crippen molar-refractivity contribution in [3.63, 3.8) is 0 Å². The van der Waals surface area contributed by atoms with E-state index in [0.29, 0.717) is 5.41 Å². The maximum Gasteiger partial charge on any atom is 0.0587 e. The van der Waals surface area contributed by atoms with E-state index in [-0.39, 0.29) is 0 Å². The van der Waals surface area contributed by atoms with E-state index in [2.05, 4.69) is 17.6 Å². The molecule has 1 aliphatic rings. The number of nitrogens with one attached hydrogen (secondary N) is 2. The van der Waals surface area contributed by atoms with Gasteiger partial charge in [-0.25, -0.2) is 0 Å². The molecule has 1 fully saturated rings. The summed E-state index contributed by atoms with van der Waals surface area (Å²) in [6.07, 6.45) is 5.29. The summed E-state index contributed by atoms with van der Waals surface area (Å²) in [5.74, 6) is 0. The van der Waals surface area contributed by atoms with Gasteiger partial charge >= 0.3 is 0 Å². The van der Waals surface area contributed by atoms with Gasteiger partial charge in [0.05, 0.1) is 6.61 Å². The Bertz CT molecular complexity index is 150. The van der Waals surface area contributed by atoms with Gasteiger partial charge in [-0.1, -0.05) is 13.3 Å². The molecule has 1 heterocycles. The van der Waals surface area contributed by atoms with Crippen LogP contribution in [0, 0.1) is 5.41 Å². The standard InChI is InChI=1S/C12H26N2O/c1-3-4-12(5-7-13-8-6-12)11-14-9-10-15-2/h13-14H,3-11H2,1-2H3. The summed E-state index contributed by atoms with van der Waals surface area (Å²) in [7, 11) is 1.76. The number of hydrogen-bond donors (Lipinski definition) is 2. The van der Waals surface area contributed by atoms with Gasteiger partial charge in [0.1, 0.15) is 0 Å². The van der Waals surface area contributed by atoms with Gasteiger partial charge in [-0.15, -0.1) is 0 Å². The Balaban J connectivity index is 2.28. The molecule has 0 atom stereocenters. The molecule has 90 valence electrons. The van der Waals surface area contributed by atoms with E-state index in [1.807, 2.05) is 0 Å². The number of rotatable bonds is 7. The minimum Gasteiger partial charge on any atom is -0.383 e. The van der Waals surface area contributed by atoms with Crippen LogP contribution in [0.25, 0.3) is 0 Å². The van der Waals surface area contributed by atoms with Crippen LogP contribution in [0.3, 0.4) is 0 Å². The molecule has 0 aliphatic carbocycles. The molecule has 1 aliphatic heterocycles. The molecule has 0 aromatic heterocycles. The summed E-state index contributed by atoms with van der Waals surface area (Å²) in [6.45, 7) is 7.62. The Hall–Kier alpha value is -0.120. The van der Waals surface area contributed by atoms with E-state index in [4.69, 9.17) is 4.74 Å². The minimum absolute atomic E-state index is 0.549. The second kappa shape index (κ2) is 7.20. The highest BCUT2D eigenvalue weighted by Gasteiger charge is 2.30. The molecule has 0 amide bonds. The highest BCUT2D eigenvalue weighted by molar-refractivity contribution is 4.86. The Labute approximate surface area is 94.0 Å². The third-order valence-corrected chi connectivity index (χ3v) is 3.43. The molecule has 2 N–H and O–H groups in total. The van der Waals surface area contributed by atoms with Crippen molar-refractivity contribution >= 4 is 0 Å². The molecule has 0 unspecified atom stereocenters. The highest BCUT2D eigenvalue weighted by atomic mass is 16.5. The SMILES string of the molecule is CCCC1(CNCCOC)CCNCC1. The second-order valence-electron chi connectivity index (χ2n) is 4.67. The molecule has 0 aromatic rings. The van der Waals surface area contributed by atoms with Crippen molar-refractivity contribution < 1.29 is 4.74 Å². The molecule has 0 spiro atoms. The van der Waals surface area contributed by atoms with Gasteiger partial charge in [0.25, 0.3) is 0 Å². The lowest BCUT2D eigenvalue weighted by Gasteiger charge is -2.38. The number of ether oxygens (including phenoxy) is 1. The van der Waals surface area contributed by atoms with Gasteiger partial charge in [-0.05, 0) is 37.8 Å². The van der Waals surface area contributed by atoms with E-state index in [1.165, 1.54) is 38.8 Å². The Morgan fingerprint density at radius 1 is 1.33 bits per heavy atom. The fraction of sp³-hybridized carbons (Fsp3) is 1.00. The van der Waals surface area contributed by atoms with E-state index in [9.17, 15) is 0 Å². The van der Waals surface area contributed by atoms with Crippen molar-refractivity contribution in [2.45, 2.75) is 32.6 Å². The lowest BCUT2D eigenvalue weighted by Crippen LogP contribution is -2.43. The molecular formula is C12H26N2O. The minimum atomic E-state index is 0.549. The summed E-state index contributed by atoms with van der Waals surface area (Å²) in [5, 5.41) is 6.98. The molecular weight excluding hydrogens is 188 g/mol. The monoisotopic (exact) mass is 214 g/mol. The van der Waals surface area contributed by atoms with Crippen molar-refractivity contribution in [3.8, 4) is 0 Å². The first-order valence-electron chi connectivity index (χ1n) is 6.23. The molecule has 3 heteroatoms. The van der Waals surface area contributed by atoms with Crippen molar-refractivity contribution in [1.29, 1.82) is 0 Å². The van der Waals surface area contributed by atoms with Gasteiger partial charge < -0.3 is 15.4 Å². The van der Waals surface area contributed by atoms with Crippen LogP contribution in [0.4, 0.5) is 0 Å². The van der Waals surface area contributed by atoms with Crippen LogP contribution in [-0.4, -0.2) is 39.9 Å². The normalized spacial score (nSPS) is 20.4. The van der Waals surface area contributed by atoms with E-state index < -0.39 is 0 Å².